The Morgan fingerprint density at radius 2 is 1.37 bits per heavy atom. The minimum atomic E-state index is -0.926. The second-order valence-corrected chi connectivity index (χ2v) is 9.26. The SMILES string of the molecule is CCOc1ccc(C(c2ccc(OCC)cc2)[C@H](C)NC(=O)[C@H](C)NC(=O)c2nccc(OC)c2OC(C)=O)cc1. The van der Waals surface area contributed by atoms with Crippen molar-refractivity contribution < 1.29 is 33.3 Å². The third kappa shape index (κ3) is 8.20. The zero-order valence-electron chi connectivity index (χ0n) is 24.2. The van der Waals surface area contributed by atoms with Gasteiger partial charge < -0.3 is 29.6 Å². The van der Waals surface area contributed by atoms with Crippen molar-refractivity contribution in [3.8, 4) is 23.0 Å². The molecule has 0 spiro atoms. The van der Waals surface area contributed by atoms with Gasteiger partial charge in [-0.3, -0.25) is 14.4 Å². The first-order valence-corrected chi connectivity index (χ1v) is 13.5. The summed E-state index contributed by atoms with van der Waals surface area (Å²) in [5.74, 6) is -0.368. The van der Waals surface area contributed by atoms with Gasteiger partial charge in [-0.1, -0.05) is 24.3 Å². The number of methoxy groups -OCH3 is 1. The minimum Gasteiger partial charge on any atom is -0.494 e. The van der Waals surface area contributed by atoms with E-state index in [2.05, 4.69) is 15.6 Å². The second-order valence-electron chi connectivity index (χ2n) is 9.26. The van der Waals surface area contributed by atoms with Crippen LogP contribution in [-0.2, 0) is 9.59 Å². The summed E-state index contributed by atoms with van der Waals surface area (Å²) in [7, 11) is 1.38. The van der Waals surface area contributed by atoms with E-state index in [4.69, 9.17) is 18.9 Å². The molecule has 3 aromatic rings. The van der Waals surface area contributed by atoms with Crippen LogP contribution in [0.2, 0.25) is 0 Å². The minimum absolute atomic E-state index is 0.118. The van der Waals surface area contributed by atoms with Gasteiger partial charge in [0, 0.05) is 31.1 Å². The van der Waals surface area contributed by atoms with Crippen molar-refractivity contribution in [1.82, 2.24) is 15.6 Å². The Labute approximate surface area is 240 Å². The number of esters is 1. The number of nitrogens with one attached hydrogen (secondary N) is 2. The quantitative estimate of drug-likeness (QED) is 0.296. The molecule has 0 radical (unpaired) electrons. The maximum Gasteiger partial charge on any atom is 0.308 e. The highest BCUT2D eigenvalue weighted by Gasteiger charge is 2.28. The van der Waals surface area contributed by atoms with Crippen molar-refractivity contribution in [2.75, 3.05) is 20.3 Å². The van der Waals surface area contributed by atoms with E-state index >= 15 is 0 Å². The Hall–Kier alpha value is -4.60. The van der Waals surface area contributed by atoms with E-state index in [0.717, 1.165) is 22.6 Å². The Morgan fingerprint density at radius 3 is 1.83 bits per heavy atom. The molecule has 0 unspecified atom stereocenters. The Morgan fingerprint density at radius 1 is 0.829 bits per heavy atom. The number of aromatic nitrogens is 1. The highest BCUT2D eigenvalue weighted by Crippen LogP contribution is 2.32. The van der Waals surface area contributed by atoms with Crippen LogP contribution in [0.3, 0.4) is 0 Å². The summed E-state index contributed by atoms with van der Waals surface area (Å²) in [5, 5.41) is 5.67. The van der Waals surface area contributed by atoms with Crippen LogP contribution in [-0.4, -0.2) is 55.2 Å². The molecule has 10 nitrogen and oxygen atoms in total. The lowest BCUT2D eigenvalue weighted by molar-refractivity contribution is -0.132. The zero-order chi connectivity index (χ0) is 29.9. The molecule has 2 atom stereocenters. The average Bonchev–Trinajstić information content (AvgIpc) is 2.95. The first-order chi connectivity index (χ1) is 19.7. The fourth-order valence-corrected chi connectivity index (χ4v) is 4.40. The molecule has 0 saturated carbocycles. The molecular weight excluding hydrogens is 526 g/mol. The lowest BCUT2D eigenvalue weighted by atomic mass is 9.85. The van der Waals surface area contributed by atoms with E-state index in [1.165, 1.54) is 26.3 Å². The van der Waals surface area contributed by atoms with Gasteiger partial charge in [-0.05, 0) is 63.1 Å². The van der Waals surface area contributed by atoms with Crippen LogP contribution in [0.5, 0.6) is 23.0 Å². The number of carbonyl (C=O) groups excluding carboxylic acids is 3. The molecule has 10 heteroatoms. The van der Waals surface area contributed by atoms with E-state index in [9.17, 15) is 14.4 Å². The van der Waals surface area contributed by atoms with Crippen LogP contribution >= 0.6 is 0 Å². The van der Waals surface area contributed by atoms with Gasteiger partial charge in [-0.2, -0.15) is 0 Å². The maximum atomic E-state index is 13.3. The topological polar surface area (TPSA) is 125 Å². The molecule has 1 aromatic heterocycles. The number of amides is 2. The molecule has 1 heterocycles. The summed E-state index contributed by atoms with van der Waals surface area (Å²) >= 11 is 0. The van der Waals surface area contributed by atoms with Gasteiger partial charge in [0.2, 0.25) is 11.7 Å². The van der Waals surface area contributed by atoms with Gasteiger partial charge in [0.15, 0.2) is 11.4 Å². The lowest BCUT2D eigenvalue weighted by Crippen LogP contribution is -2.49. The summed E-state index contributed by atoms with van der Waals surface area (Å²) in [5.41, 5.74) is 1.79. The van der Waals surface area contributed by atoms with Gasteiger partial charge in [-0.25, -0.2) is 4.98 Å². The average molecular weight is 564 g/mol. The fraction of sp³-hybridized carbons (Fsp3) is 0.355. The van der Waals surface area contributed by atoms with Crippen molar-refractivity contribution in [1.29, 1.82) is 0 Å². The van der Waals surface area contributed by atoms with E-state index in [0.29, 0.717) is 13.2 Å². The molecule has 0 fully saturated rings. The summed E-state index contributed by atoms with van der Waals surface area (Å²) < 4.78 is 21.6. The number of hydrogen-bond donors (Lipinski definition) is 2. The number of ether oxygens (including phenoxy) is 4. The fourth-order valence-electron chi connectivity index (χ4n) is 4.40. The van der Waals surface area contributed by atoms with Crippen LogP contribution in [0, 0.1) is 0 Å². The molecule has 218 valence electrons. The molecule has 41 heavy (non-hydrogen) atoms. The van der Waals surface area contributed by atoms with Crippen LogP contribution in [0.25, 0.3) is 0 Å². The van der Waals surface area contributed by atoms with E-state index in [1.54, 1.807) is 6.92 Å². The molecule has 0 bridgehead atoms. The summed E-state index contributed by atoms with van der Waals surface area (Å²) in [6.07, 6.45) is 1.35. The van der Waals surface area contributed by atoms with Crippen LogP contribution in [0.15, 0.2) is 60.8 Å². The first-order valence-electron chi connectivity index (χ1n) is 13.5. The van der Waals surface area contributed by atoms with E-state index < -0.39 is 23.8 Å². The predicted molar refractivity (Wildman–Crippen MR) is 154 cm³/mol. The molecule has 3 rings (SSSR count). The number of rotatable bonds is 13. The van der Waals surface area contributed by atoms with Gasteiger partial charge in [-0.15, -0.1) is 0 Å². The summed E-state index contributed by atoms with van der Waals surface area (Å²) in [6.45, 7) is 9.65. The number of benzene rings is 2. The molecule has 2 N–H and O–H groups in total. The standard InChI is InChI=1S/C31H37N3O7/c1-7-39-24-13-9-22(10-14-24)27(23-11-15-25(16-12-23)40-8-2)19(3)33-30(36)20(4)34-31(37)28-29(41-21(5)35)26(38-6)17-18-32-28/h9-20,27H,7-8H2,1-6H3,(H,33,36)(H,34,37)/t19-,20-/m0/s1. The Kier molecular flexibility index (Phi) is 11.1. The van der Waals surface area contributed by atoms with Crippen LogP contribution in [0.4, 0.5) is 0 Å². The van der Waals surface area contributed by atoms with Crippen LogP contribution in [0.1, 0.15) is 62.2 Å². The van der Waals surface area contributed by atoms with E-state index in [-0.39, 0.29) is 29.2 Å². The van der Waals surface area contributed by atoms with Crippen molar-refractivity contribution in [3.63, 3.8) is 0 Å². The largest absolute Gasteiger partial charge is 0.494 e. The van der Waals surface area contributed by atoms with Crippen molar-refractivity contribution in [2.24, 2.45) is 0 Å². The normalized spacial score (nSPS) is 12.2. The third-order valence-electron chi connectivity index (χ3n) is 6.26. The highest BCUT2D eigenvalue weighted by molar-refractivity contribution is 5.99. The molecule has 0 aliphatic carbocycles. The van der Waals surface area contributed by atoms with Crippen molar-refractivity contribution in [2.45, 2.75) is 52.6 Å². The highest BCUT2D eigenvalue weighted by atomic mass is 16.6. The van der Waals surface area contributed by atoms with Crippen LogP contribution < -0.4 is 29.6 Å². The predicted octanol–water partition coefficient (Wildman–Crippen LogP) is 4.27. The first kappa shape index (κ1) is 30.9. The monoisotopic (exact) mass is 563 g/mol. The molecule has 0 aliphatic heterocycles. The lowest BCUT2D eigenvalue weighted by Gasteiger charge is -2.28. The maximum absolute atomic E-state index is 13.3. The van der Waals surface area contributed by atoms with Gasteiger partial charge in [0.05, 0.1) is 20.3 Å². The molecule has 0 saturated heterocycles. The Bertz CT molecular complexity index is 1280. The zero-order valence-corrected chi connectivity index (χ0v) is 24.2. The molecular formula is C31H37N3O7. The number of nitrogens with zero attached hydrogens (tertiary/aromatic N) is 1. The van der Waals surface area contributed by atoms with Crippen molar-refractivity contribution in [3.05, 3.63) is 77.6 Å². The second kappa shape index (κ2) is 14.7. The van der Waals surface area contributed by atoms with E-state index in [1.807, 2.05) is 69.3 Å². The third-order valence-corrected chi connectivity index (χ3v) is 6.26. The Balaban J connectivity index is 1.80. The number of pyridine rings is 1. The van der Waals surface area contributed by atoms with Gasteiger partial charge >= 0.3 is 5.97 Å². The number of carbonyl (C=O) groups is 3. The summed E-state index contributed by atoms with van der Waals surface area (Å²) in [6, 6.07) is 15.7. The van der Waals surface area contributed by atoms with Crippen molar-refractivity contribution >= 4 is 17.8 Å². The number of hydrogen-bond acceptors (Lipinski definition) is 8. The molecule has 0 aliphatic rings. The smallest absolute Gasteiger partial charge is 0.308 e. The van der Waals surface area contributed by atoms with Gasteiger partial charge in [0.1, 0.15) is 17.5 Å². The molecule has 2 aromatic carbocycles. The summed E-state index contributed by atoms with van der Waals surface area (Å²) in [4.78, 5) is 41.9. The molecule has 2 amide bonds. The van der Waals surface area contributed by atoms with Gasteiger partial charge in [0.25, 0.3) is 5.91 Å².